The third-order valence-electron chi connectivity index (χ3n) is 0.348. The van der Waals surface area contributed by atoms with Gasteiger partial charge in [0.05, 0.1) is 5.60 Å². The van der Waals surface area contributed by atoms with Gasteiger partial charge in [-0.1, -0.05) is 6.47 Å². The van der Waals surface area contributed by atoms with Crippen molar-refractivity contribution in [2.75, 3.05) is 0 Å². The molecule has 0 aliphatic carbocycles. The molecule has 0 spiro atoms. The van der Waals surface area contributed by atoms with Crippen molar-refractivity contribution in [1.82, 2.24) is 0 Å². The fourth-order valence-electron chi connectivity index (χ4n) is 0.125. The van der Waals surface area contributed by atoms with Crippen LogP contribution in [0.25, 0.3) is 0 Å². The van der Waals surface area contributed by atoms with Gasteiger partial charge in [-0.25, -0.2) is 0 Å². The van der Waals surface area contributed by atoms with Crippen LogP contribution in [0.4, 0.5) is 0 Å². The maximum atomic E-state index is 9.47. The summed E-state index contributed by atoms with van der Waals surface area (Å²) in [7, 11) is 0. The van der Waals surface area contributed by atoms with Gasteiger partial charge in [0.1, 0.15) is 0 Å². The summed E-state index contributed by atoms with van der Waals surface area (Å²) < 4.78 is 12.6. The van der Waals surface area contributed by atoms with E-state index in [4.69, 9.17) is 3.57 Å². The third-order valence-corrected chi connectivity index (χ3v) is 0.348. The topological polar surface area (TPSA) is 43.4 Å². The van der Waals surface area contributed by atoms with Gasteiger partial charge >= 0.3 is 21.8 Å². The minimum absolute atomic E-state index is 0.373. The van der Waals surface area contributed by atoms with E-state index in [1.165, 1.54) is 6.47 Å². The van der Waals surface area contributed by atoms with Crippen molar-refractivity contribution in [2.45, 2.75) is 26.4 Å². The Bertz CT molecular complexity index is 76.8. The molecule has 0 unspecified atom stereocenters. The summed E-state index contributed by atoms with van der Waals surface area (Å²) in [5.41, 5.74) is -0.373. The van der Waals surface area contributed by atoms with Gasteiger partial charge < -0.3 is 9.53 Å². The van der Waals surface area contributed by atoms with Gasteiger partial charge in [0, 0.05) is 0 Å². The van der Waals surface area contributed by atoms with Crippen LogP contribution in [0, 0.1) is 0 Å². The molecule has 3 nitrogen and oxygen atoms in total. The molecule has 0 rings (SSSR count). The van der Waals surface area contributed by atoms with Gasteiger partial charge in [-0.2, -0.15) is 0 Å². The van der Waals surface area contributed by atoms with Gasteiger partial charge in [0.25, 0.3) is 0 Å². The van der Waals surface area contributed by atoms with E-state index in [0.29, 0.717) is 0 Å². The summed E-state index contributed by atoms with van der Waals surface area (Å²) in [6, 6.07) is 0. The van der Waals surface area contributed by atoms with Crippen LogP contribution >= 0.6 is 0 Å². The molecular weight excluding hydrogens is 209 g/mol. The SMILES string of the molecule is CC(C)(C)O[C-]=O.[O]=[Ru+]. The number of carbonyl (C=O) groups excluding carboxylic acids is 1. The summed E-state index contributed by atoms with van der Waals surface area (Å²) in [6.45, 7) is 6.73. The molecular formula is C5H9O3Ru. The molecule has 0 bridgehead atoms. The Morgan fingerprint density at radius 1 is 1.33 bits per heavy atom. The minimum atomic E-state index is -0.373. The Balaban J connectivity index is 0. The van der Waals surface area contributed by atoms with E-state index in [-0.39, 0.29) is 5.60 Å². The molecule has 0 atom stereocenters. The summed E-state index contributed by atoms with van der Waals surface area (Å²) in [4.78, 5) is 9.47. The van der Waals surface area contributed by atoms with Crippen molar-refractivity contribution in [3.8, 4) is 0 Å². The summed E-state index contributed by atoms with van der Waals surface area (Å²) in [5.74, 6) is 0. The Morgan fingerprint density at radius 3 is 1.67 bits per heavy atom. The van der Waals surface area contributed by atoms with Gasteiger partial charge in [0.2, 0.25) is 0 Å². The van der Waals surface area contributed by atoms with E-state index in [0.717, 1.165) is 18.3 Å². The molecule has 0 aromatic heterocycles. The van der Waals surface area contributed by atoms with E-state index in [1.807, 2.05) is 0 Å². The molecule has 0 aromatic carbocycles. The molecule has 0 saturated heterocycles. The van der Waals surface area contributed by atoms with Crippen LogP contribution < -0.4 is 0 Å². The van der Waals surface area contributed by atoms with Crippen molar-refractivity contribution >= 4 is 6.47 Å². The first-order valence-electron chi connectivity index (χ1n) is 2.26. The normalized spacial score (nSPS) is 8.78. The van der Waals surface area contributed by atoms with E-state index in [9.17, 15) is 4.79 Å². The second-order valence-electron chi connectivity index (χ2n) is 2.30. The predicted octanol–water partition coefficient (Wildman–Crippen LogP) is 0.747. The molecule has 9 heavy (non-hydrogen) atoms. The van der Waals surface area contributed by atoms with Crippen LogP contribution in [0.3, 0.4) is 0 Å². The van der Waals surface area contributed by atoms with Crippen molar-refractivity contribution < 1.29 is 31.4 Å². The maximum absolute atomic E-state index is 9.47. The average molecular weight is 218 g/mol. The number of hydrogen-bond acceptors (Lipinski definition) is 3. The van der Waals surface area contributed by atoms with Crippen LogP contribution in [0.1, 0.15) is 20.8 Å². The molecule has 0 fully saturated rings. The van der Waals surface area contributed by atoms with E-state index in [1.54, 1.807) is 20.8 Å². The molecule has 0 saturated carbocycles. The first-order valence-corrected chi connectivity index (χ1v) is 2.97. The molecule has 0 radical (unpaired) electrons. The Kier molecular flexibility index (Phi) is 7.80. The van der Waals surface area contributed by atoms with Crippen molar-refractivity contribution in [3.63, 3.8) is 0 Å². The number of ether oxygens (including phenoxy) is 1. The fourth-order valence-corrected chi connectivity index (χ4v) is 0.125. The van der Waals surface area contributed by atoms with Crippen molar-refractivity contribution in [3.05, 3.63) is 0 Å². The third kappa shape index (κ3) is 18.1. The second kappa shape index (κ2) is 6.02. The van der Waals surface area contributed by atoms with E-state index in [2.05, 4.69) is 4.74 Å². The summed E-state index contributed by atoms with van der Waals surface area (Å²) in [5, 5.41) is 0. The Hall–Kier alpha value is -0.107. The van der Waals surface area contributed by atoms with Gasteiger partial charge in [-0.15, -0.1) is 0 Å². The molecule has 55 valence electrons. The van der Waals surface area contributed by atoms with Crippen LogP contribution in [0.15, 0.2) is 0 Å². The summed E-state index contributed by atoms with van der Waals surface area (Å²) in [6.07, 6.45) is 0. The zero-order valence-corrected chi connectivity index (χ0v) is 7.32. The van der Waals surface area contributed by atoms with E-state index < -0.39 is 0 Å². The van der Waals surface area contributed by atoms with Crippen LogP contribution in [-0.2, 0) is 31.4 Å². The molecule has 0 aromatic rings. The summed E-state index contributed by atoms with van der Waals surface area (Å²) >= 11 is 1.10. The van der Waals surface area contributed by atoms with Crippen LogP contribution in [0.5, 0.6) is 0 Å². The number of rotatable bonds is 1. The first kappa shape index (κ1) is 11.7. The van der Waals surface area contributed by atoms with Gasteiger partial charge in [-0.3, -0.25) is 0 Å². The van der Waals surface area contributed by atoms with Crippen molar-refractivity contribution in [1.29, 1.82) is 0 Å². The standard InChI is InChI=1S/C5H9O2.O.Ru/c1-5(2,3)7-4-6;;/h1-3H3;;/q-1;;+1. The monoisotopic (exact) mass is 219 g/mol. The molecule has 0 N–H and O–H groups in total. The Labute approximate surface area is 64.7 Å². The first-order chi connectivity index (χ1) is 4.06. The number of hydrogen-bond donors (Lipinski definition) is 0. The fraction of sp³-hybridized carbons (Fsp3) is 0.800. The van der Waals surface area contributed by atoms with Crippen LogP contribution in [-0.4, -0.2) is 12.1 Å². The molecule has 0 amide bonds. The average Bonchev–Trinajstić information content (AvgIpc) is 1.69. The van der Waals surface area contributed by atoms with Crippen molar-refractivity contribution in [2.24, 2.45) is 0 Å². The second-order valence-corrected chi connectivity index (χ2v) is 2.30. The van der Waals surface area contributed by atoms with Gasteiger partial charge in [-0.05, 0) is 20.8 Å². The van der Waals surface area contributed by atoms with Gasteiger partial charge in [0.15, 0.2) is 0 Å². The van der Waals surface area contributed by atoms with E-state index >= 15 is 0 Å². The Morgan fingerprint density at radius 2 is 1.67 bits per heavy atom. The zero-order valence-electron chi connectivity index (χ0n) is 5.58. The van der Waals surface area contributed by atoms with Crippen LogP contribution in [0.2, 0.25) is 0 Å². The predicted molar refractivity (Wildman–Crippen MR) is 27.2 cm³/mol. The quantitative estimate of drug-likeness (QED) is 0.481. The zero-order chi connectivity index (χ0) is 7.91. The molecule has 0 aliphatic heterocycles. The molecule has 0 heterocycles. The molecule has 4 heteroatoms. The molecule has 0 aliphatic rings.